The average molecular weight is 152 g/mol. The molecule has 11 heavy (non-hydrogen) atoms. The van der Waals surface area contributed by atoms with Gasteiger partial charge in [0.05, 0.1) is 12.2 Å². The van der Waals surface area contributed by atoms with Crippen LogP contribution in [-0.4, -0.2) is 12.2 Å². The molecule has 2 fully saturated rings. The van der Waals surface area contributed by atoms with Crippen molar-refractivity contribution in [2.75, 3.05) is 0 Å². The van der Waals surface area contributed by atoms with Crippen LogP contribution in [0, 0.1) is 11.8 Å². The molecule has 0 aromatic rings. The lowest BCUT2D eigenvalue weighted by Gasteiger charge is -2.03. The fraction of sp³-hybridized carbons (Fsp3) is 0.800. The minimum Gasteiger partial charge on any atom is -0.370 e. The summed E-state index contributed by atoms with van der Waals surface area (Å²) in [4.78, 5) is 0. The zero-order valence-corrected chi connectivity index (χ0v) is 7.12. The third-order valence-corrected chi connectivity index (χ3v) is 3.07. The van der Waals surface area contributed by atoms with Gasteiger partial charge in [0.25, 0.3) is 0 Å². The average Bonchev–Trinajstić information content (AvgIpc) is 2.59. The molecule has 0 radical (unpaired) electrons. The predicted molar refractivity (Wildman–Crippen MR) is 45.4 cm³/mol. The van der Waals surface area contributed by atoms with E-state index in [4.69, 9.17) is 4.74 Å². The first-order valence-corrected chi connectivity index (χ1v) is 4.59. The van der Waals surface area contributed by atoms with E-state index in [1.54, 1.807) is 0 Å². The second-order valence-electron chi connectivity index (χ2n) is 3.87. The predicted octanol–water partition coefficient (Wildman–Crippen LogP) is 2.38. The van der Waals surface area contributed by atoms with Crippen LogP contribution in [0.5, 0.6) is 0 Å². The molecule has 62 valence electrons. The van der Waals surface area contributed by atoms with Gasteiger partial charge in [-0.1, -0.05) is 6.08 Å². The molecule has 2 aliphatic rings. The molecule has 0 amide bonds. The fourth-order valence-electron chi connectivity index (χ4n) is 2.26. The first-order valence-electron chi connectivity index (χ1n) is 4.59. The molecular formula is C10H16O. The van der Waals surface area contributed by atoms with Gasteiger partial charge in [0.15, 0.2) is 0 Å². The van der Waals surface area contributed by atoms with Crippen molar-refractivity contribution in [2.45, 2.75) is 38.4 Å². The van der Waals surface area contributed by atoms with Crippen LogP contribution in [0.15, 0.2) is 12.7 Å². The first-order chi connectivity index (χ1) is 5.31. The van der Waals surface area contributed by atoms with Crippen LogP contribution in [-0.2, 0) is 4.74 Å². The summed E-state index contributed by atoms with van der Waals surface area (Å²) < 4.78 is 5.46. The van der Waals surface area contributed by atoms with Crippen LogP contribution in [0.25, 0.3) is 0 Å². The Hall–Kier alpha value is -0.300. The van der Waals surface area contributed by atoms with Gasteiger partial charge in [-0.2, -0.15) is 0 Å². The molecule has 1 aliphatic carbocycles. The molecule has 0 spiro atoms. The Morgan fingerprint density at radius 2 is 2.18 bits per heavy atom. The number of ether oxygens (including phenoxy) is 1. The van der Waals surface area contributed by atoms with Crippen molar-refractivity contribution in [1.29, 1.82) is 0 Å². The van der Waals surface area contributed by atoms with E-state index in [1.165, 1.54) is 19.3 Å². The van der Waals surface area contributed by atoms with E-state index in [0.29, 0.717) is 12.2 Å². The number of allylic oxidation sites excluding steroid dienone is 1. The van der Waals surface area contributed by atoms with E-state index < -0.39 is 0 Å². The second kappa shape index (κ2) is 2.63. The molecule has 2 rings (SSSR count). The maximum absolute atomic E-state index is 5.46. The number of hydrogen-bond donors (Lipinski definition) is 0. The molecule has 0 bridgehead atoms. The van der Waals surface area contributed by atoms with Crippen LogP contribution in [0.1, 0.15) is 26.2 Å². The summed E-state index contributed by atoms with van der Waals surface area (Å²) in [6.45, 7) is 6.01. The Bertz CT molecular complexity index is 164. The van der Waals surface area contributed by atoms with E-state index in [9.17, 15) is 0 Å². The van der Waals surface area contributed by atoms with Crippen LogP contribution in [0.4, 0.5) is 0 Å². The molecule has 1 aliphatic heterocycles. The van der Waals surface area contributed by atoms with Gasteiger partial charge in [-0.3, -0.25) is 0 Å². The van der Waals surface area contributed by atoms with E-state index >= 15 is 0 Å². The van der Waals surface area contributed by atoms with Crippen LogP contribution in [0.2, 0.25) is 0 Å². The summed E-state index contributed by atoms with van der Waals surface area (Å²) in [6.07, 6.45) is 7.25. The topological polar surface area (TPSA) is 12.5 Å². The molecule has 1 nitrogen and oxygen atoms in total. The molecule has 4 atom stereocenters. The number of hydrogen-bond acceptors (Lipinski definition) is 1. The monoisotopic (exact) mass is 152 g/mol. The summed E-state index contributed by atoms with van der Waals surface area (Å²) in [5.74, 6) is 1.62. The van der Waals surface area contributed by atoms with Gasteiger partial charge in [0.2, 0.25) is 0 Å². The minimum atomic E-state index is 0.545. The van der Waals surface area contributed by atoms with Crippen molar-refractivity contribution in [1.82, 2.24) is 0 Å². The zero-order valence-electron chi connectivity index (χ0n) is 7.12. The van der Waals surface area contributed by atoms with Crippen LogP contribution >= 0.6 is 0 Å². The lowest BCUT2D eigenvalue weighted by molar-refractivity contribution is 0.318. The third-order valence-electron chi connectivity index (χ3n) is 3.07. The van der Waals surface area contributed by atoms with Gasteiger partial charge in [-0.15, -0.1) is 6.58 Å². The van der Waals surface area contributed by atoms with E-state index in [1.807, 2.05) is 0 Å². The van der Waals surface area contributed by atoms with Gasteiger partial charge in [0, 0.05) is 0 Å². The maximum atomic E-state index is 5.46. The Balaban J connectivity index is 1.85. The van der Waals surface area contributed by atoms with Crippen molar-refractivity contribution in [2.24, 2.45) is 11.8 Å². The number of rotatable bonds is 2. The Morgan fingerprint density at radius 3 is 2.64 bits per heavy atom. The highest BCUT2D eigenvalue weighted by atomic mass is 16.6. The van der Waals surface area contributed by atoms with Gasteiger partial charge in [0.1, 0.15) is 0 Å². The largest absolute Gasteiger partial charge is 0.370 e. The smallest absolute Gasteiger partial charge is 0.0867 e. The summed E-state index contributed by atoms with van der Waals surface area (Å²) >= 11 is 0. The molecule has 1 saturated carbocycles. The minimum absolute atomic E-state index is 0.545. The van der Waals surface area contributed by atoms with Gasteiger partial charge in [-0.25, -0.2) is 0 Å². The Morgan fingerprint density at radius 1 is 1.45 bits per heavy atom. The van der Waals surface area contributed by atoms with Crippen molar-refractivity contribution >= 4 is 0 Å². The fourth-order valence-corrected chi connectivity index (χ4v) is 2.26. The zero-order chi connectivity index (χ0) is 7.84. The lowest BCUT2D eigenvalue weighted by atomic mass is 10.0. The van der Waals surface area contributed by atoms with Gasteiger partial charge < -0.3 is 4.74 Å². The normalized spacial score (nSPS) is 49.2. The number of epoxide rings is 1. The maximum Gasteiger partial charge on any atom is 0.0867 e. The van der Waals surface area contributed by atoms with Crippen molar-refractivity contribution in [3.8, 4) is 0 Å². The van der Waals surface area contributed by atoms with E-state index in [-0.39, 0.29) is 0 Å². The summed E-state index contributed by atoms with van der Waals surface area (Å²) in [7, 11) is 0. The molecule has 0 N–H and O–H groups in total. The highest BCUT2D eigenvalue weighted by Gasteiger charge is 2.43. The molecule has 1 heterocycles. The second-order valence-corrected chi connectivity index (χ2v) is 3.87. The summed E-state index contributed by atoms with van der Waals surface area (Å²) in [5.41, 5.74) is 0. The lowest BCUT2D eigenvalue weighted by Crippen LogP contribution is -2.05. The quantitative estimate of drug-likeness (QED) is 0.437. The summed E-state index contributed by atoms with van der Waals surface area (Å²) in [6, 6.07) is 0. The van der Waals surface area contributed by atoms with Crippen molar-refractivity contribution < 1.29 is 4.74 Å². The third kappa shape index (κ3) is 1.34. The standard InChI is InChI=1S/C10H16O/c1-3-8-4-5-9(6-8)10-7(2)11-10/h3,7-10H,1,4-6H2,2H3. The van der Waals surface area contributed by atoms with Crippen molar-refractivity contribution in [3.63, 3.8) is 0 Å². The molecule has 0 aromatic carbocycles. The first kappa shape index (κ1) is 7.35. The Labute approximate surface area is 68.4 Å². The molecule has 1 saturated heterocycles. The van der Waals surface area contributed by atoms with E-state index in [2.05, 4.69) is 19.6 Å². The van der Waals surface area contributed by atoms with Gasteiger partial charge >= 0.3 is 0 Å². The summed E-state index contributed by atoms with van der Waals surface area (Å²) in [5, 5.41) is 0. The molecule has 4 unspecified atom stereocenters. The Kier molecular flexibility index (Phi) is 1.76. The van der Waals surface area contributed by atoms with E-state index in [0.717, 1.165) is 11.8 Å². The van der Waals surface area contributed by atoms with Crippen LogP contribution in [0.3, 0.4) is 0 Å². The molecular weight excluding hydrogens is 136 g/mol. The van der Waals surface area contributed by atoms with Crippen molar-refractivity contribution in [3.05, 3.63) is 12.7 Å². The highest BCUT2D eigenvalue weighted by molar-refractivity contribution is 4.95. The van der Waals surface area contributed by atoms with Crippen LogP contribution < -0.4 is 0 Å². The molecule has 1 heteroatoms. The van der Waals surface area contributed by atoms with Gasteiger partial charge in [-0.05, 0) is 38.0 Å². The molecule has 0 aromatic heterocycles. The SMILES string of the molecule is C=CC1CCC(C2OC2C)C1. The highest BCUT2D eigenvalue weighted by Crippen LogP contribution is 2.41.